The lowest BCUT2D eigenvalue weighted by Gasteiger charge is -2.38. The molecule has 0 fully saturated rings. The second-order valence-electron chi connectivity index (χ2n) is 10.2. The third kappa shape index (κ3) is 14.9. The van der Waals surface area contributed by atoms with Gasteiger partial charge in [0.15, 0.2) is 0 Å². The van der Waals surface area contributed by atoms with Crippen LogP contribution in [0.5, 0.6) is 0 Å². The van der Waals surface area contributed by atoms with Crippen LogP contribution in [0.25, 0.3) is 0 Å². The Balaban J connectivity index is -0.00000134. The average molecular weight is 421 g/mol. The van der Waals surface area contributed by atoms with Crippen LogP contribution in [0.2, 0.25) is 0 Å². The van der Waals surface area contributed by atoms with Crippen LogP contribution in [0.1, 0.15) is 117 Å². The standard InChI is InChI=1S/C20H40OS2.2C2H6/c1-15(2)18(6,7)13-20(10,11)23-22-14-17(4,5)12-19(8,9)16(3)21;2*1-2/h15H,12-14H2,1-11H3;2*1-2H3. The van der Waals surface area contributed by atoms with Gasteiger partial charge in [-0.25, -0.2) is 0 Å². The van der Waals surface area contributed by atoms with Gasteiger partial charge in [-0.1, -0.05) is 105 Å². The van der Waals surface area contributed by atoms with Crippen LogP contribution in [0.4, 0.5) is 0 Å². The summed E-state index contributed by atoms with van der Waals surface area (Å²) in [4.78, 5) is 11.8. The highest BCUT2D eigenvalue weighted by atomic mass is 33.1. The molecule has 0 aliphatic heterocycles. The fraction of sp³-hybridized carbons (Fsp3) is 0.958. The first-order valence-electron chi connectivity index (χ1n) is 10.8. The van der Waals surface area contributed by atoms with Crippen molar-refractivity contribution in [2.24, 2.45) is 22.2 Å². The van der Waals surface area contributed by atoms with E-state index in [-0.39, 0.29) is 15.6 Å². The van der Waals surface area contributed by atoms with Crippen molar-refractivity contribution in [2.45, 2.75) is 121 Å². The molecule has 0 atom stereocenters. The number of hydrogen-bond donors (Lipinski definition) is 0. The van der Waals surface area contributed by atoms with E-state index in [1.165, 1.54) is 6.42 Å². The van der Waals surface area contributed by atoms with E-state index in [1.807, 2.05) is 49.3 Å². The van der Waals surface area contributed by atoms with E-state index in [4.69, 9.17) is 0 Å². The minimum atomic E-state index is -0.218. The van der Waals surface area contributed by atoms with Crippen LogP contribution in [0.15, 0.2) is 0 Å². The van der Waals surface area contributed by atoms with Gasteiger partial charge in [0.25, 0.3) is 0 Å². The number of carbonyl (C=O) groups excluding carboxylic acids is 1. The summed E-state index contributed by atoms with van der Waals surface area (Å²) < 4.78 is 0.268. The maximum Gasteiger partial charge on any atom is 0.135 e. The molecule has 3 heteroatoms. The average Bonchev–Trinajstić information content (AvgIpc) is 2.48. The van der Waals surface area contributed by atoms with Crippen molar-refractivity contribution in [1.29, 1.82) is 0 Å². The molecule has 0 aromatic rings. The zero-order valence-corrected chi connectivity index (χ0v) is 23.1. The maximum absolute atomic E-state index is 11.8. The highest BCUT2D eigenvalue weighted by Crippen LogP contribution is 2.48. The van der Waals surface area contributed by atoms with Crippen LogP contribution in [-0.2, 0) is 4.79 Å². The van der Waals surface area contributed by atoms with Crippen molar-refractivity contribution in [3.63, 3.8) is 0 Å². The molecule has 0 bridgehead atoms. The van der Waals surface area contributed by atoms with E-state index in [9.17, 15) is 4.79 Å². The molecule has 1 nitrogen and oxygen atoms in total. The summed E-state index contributed by atoms with van der Waals surface area (Å²) in [7, 11) is 3.99. The first-order chi connectivity index (χ1) is 12.0. The van der Waals surface area contributed by atoms with Gasteiger partial charge in [-0.15, -0.1) is 0 Å². The summed E-state index contributed by atoms with van der Waals surface area (Å²) in [6, 6.07) is 0. The lowest BCUT2D eigenvalue weighted by atomic mass is 9.74. The molecule has 0 rings (SSSR count). The maximum atomic E-state index is 11.8. The molecule has 0 spiro atoms. The third-order valence-corrected chi connectivity index (χ3v) is 8.73. The first kappa shape index (κ1) is 32.0. The lowest BCUT2D eigenvalue weighted by molar-refractivity contribution is -0.126. The van der Waals surface area contributed by atoms with Gasteiger partial charge in [-0.3, -0.25) is 4.79 Å². The predicted molar refractivity (Wildman–Crippen MR) is 133 cm³/mol. The smallest absolute Gasteiger partial charge is 0.135 e. The SMILES string of the molecule is CC.CC.CC(=O)C(C)(C)CC(C)(C)CSSC(C)(C)CC(C)(C)C(C)C. The van der Waals surface area contributed by atoms with Gasteiger partial charge in [0.05, 0.1) is 0 Å². The van der Waals surface area contributed by atoms with Gasteiger partial charge >= 0.3 is 0 Å². The van der Waals surface area contributed by atoms with Crippen molar-refractivity contribution in [3.8, 4) is 0 Å². The topological polar surface area (TPSA) is 17.1 Å². The van der Waals surface area contributed by atoms with Crippen LogP contribution in [0.3, 0.4) is 0 Å². The van der Waals surface area contributed by atoms with Crippen LogP contribution >= 0.6 is 21.6 Å². The summed E-state index contributed by atoms with van der Waals surface area (Å²) in [5.74, 6) is 2.07. The highest BCUT2D eigenvalue weighted by Gasteiger charge is 2.34. The molecular formula is C24H52OS2. The molecule has 0 heterocycles. The second kappa shape index (κ2) is 13.6. The van der Waals surface area contributed by atoms with Crippen LogP contribution < -0.4 is 0 Å². The molecule has 0 saturated carbocycles. The normalized spacial score (nSPS) is 12.7. The van der Waals surface area contributed by atoms with Gasteiger partial charge in [0, 0.05) is 15.9 Å². The summed E-state index contributed by atoms with van der Waals surface area (Å²) in [6.45, 7) is 32.6. The molecule has 27 heavy (non-hydrogen) atoms. The van der Waals surface area contributed by atoms with Gasteiger partial charge in [0.1, 0.15) is 5.78 Å². The largest absolute Gasteiger partial charge is 0.299 e. The van der Waals surface area contributed by atoms with Gasteiger partial charge in [-0.05, 0) is 50.4 Å². The van der Waals surface area contributed by atoms with Crippen molar-refractivity contribution >= 4 is 27.4 Å². The Kier molecular flexibility index (Phi) is 16.1. The minimum Gasteiger partial charge on any atom is -0.299 e. The van der Waals surface area contributed by atoms with Gasteiger partial charge in [-0.2, -0.15) is 0 Å². The number of ketones is 1. The number of rotatable bonds is 10. The third-order valence-electron chi connectivity index (χ3n) is 5.05. The lowest BCUT2D eigenvalue weighted by Crippen LogP contribution is -2.31. The van der Waals surface area contributed by atoms with Crippen molar-refractivity contribution in [1.82, 2.24) is 0 Å². The number of Topliss-reactive ketones (excluding diaryl/α,β-unsaturated/α-hetero) is 1. The summed E-state index contributed by atoms with van der Waals surface area (Å²) in [5.41, 5.74) is 0.323. The van der Waals surface area contributed by atoms with Crippen LogP contribution in [-0.4, -0.2) is 16.3 Å². The quantitative estimate of drug-likeness (QED) is 0.328. The Morgan fingerprint density at radius 3 is 1.56 bits per heavy atom. The molecule has 0 aliphatic rings. The molecule has 0 saturated heterocycles. The fourth-order valence-electron chi connectivity index (χ4n) is 3.05. The molecule has 0 aliphatic carbocycles. The van der Waals surface area contributed by atoms with E-state index in [1.54, 1.807) is 6.92 Å². The highest BCUT2D eigenvalue weighted by molar-refractivity contribution is 8.77. The van der Waals surface area contributed by atoms with Crippen LogP contribution in [0, 0.1) is 22.2 Å². The van der Waals surface area contributed by atoms with Crippen molar-refractivity contribution in [2.75, 3.05) is 5.75 Å². The van der Waals surface area contributed by atoms with E-state index in [0.29, 0.717) is 17.1 Å². The molecule has 0 unspecified atom stereocenters. The number of carbonyl (C=O) groups is 1. The zero-order chi connectivity index (χ0) is 22.7. The Labute approximate surface area is 181 Å². The Morgan fingerprint density at radius 1 is 0.815 bits per heavy atom. The second-order valence-corrected chi connectivity index (χ2v) is 13.2. The summed E-state index contributed by atoms with van der Waals surface area (Å²) in [5, 5.41) is 0. The summed E-state index contributed by atoms with van der Waals surface area (Å²) >= 11 is 0. The minimum absolute atomic E-state index is 0.177. The van der Waals surface area contributed by atoms with E-state index in [2.05, 4.69) is 69.2 Å². The monoisotopic (exact) mass is 420 g/mol. The number of hydrogen-bond acceptors (Lipinski definition) is 3. The molecule has 0 aromatic heterocycles. The zero-order valence-electron chi connectivity index (χ0n) is 21.4. The van der Waals surface area contributed by atoms with Gasteiger partial charge in [0.2, 0.25) is 0 Å². The molecule has 0 radical (unpaired) electrons. The fourth-order valence-corrected chi connectivity index (χ4v) is 6.55. The Morgan fingerprint density at radius 2 is 1.22 bits per heavy atom. The van der Waals surface area contributed by atoms with Crippen molar-refractivity contribution < 1.29 is 4.79 Å². The molecule has 0 aromatic carbocycles. The van der Waals surface area contributed by atoms with E-state index < -0.39 is 0 Å². The van der Waals surface area contributed by atoms with Crippen molar-refractivity contribution in [3.05, 3.63) is 0 Å². The molecular weight excluding hydrogens is 368 g/mol. The Bertz CT molecular complexity index is 393. The first-order valence-corrected chi connectivity index (χ1v) is 13.1. The van der Waals surface area contributed by atoms with E-state index >= 15 is 0 Å². The summed E-state index contributed by atoms with van der Waals surface area (Å²) in [6.07, 6.45) is 2.16. The van der Waals surface area contributed by atoms with E-state index in [0.717, 1.165) is 12.2 Å². The molecule has 166 valence electrons. The van der Waals surface area contributed by atoms with Gasteiger partial charge < -0.3 is 0 Å². The molecule has 0 N–H and O–H groups in total. The Hall–Kier alpha value is 0.370. The molecule has 0 amide bonds. The predicted octanol–water partition coefficient (Wildman–Crippen LogP) is 9.30.